The second-order valence-corrected chi connectivity index (χ2v) is 3.56. The Balaban J connectivity index is 0.000000722. The van der Waals surface area contributed by atoms with Gasteiger partial charge in [-0.2, -0.15) is 0 Å². The third kappa shape index (κ3) is 2.14. The van der Waals surface area contributed by atoms with Crippen LogP contribution in [0.4, 0.5) is 5.69 Å². The maximum absolute atomic E-state index is 6.11. The highest BCUT2D eigenvalue weighted by Crippen LogP contribution is 2.27. The molecule has 0 amide bonds. The van der Waals surface area contributed by atoms with Gasteiger partial charge in [0.1, 0.15) is 0 Å². The highest BCUT2D eigenvalue weighted by Gasteiger charge is 2.03. The van der Waals surface area contributed by atoms with Crippen LogP contribution in [0.5, 0.6) is 0 Å². The highest BCUT2D eigenvalue weighted by molar-refractivity contribution is 6.06. The molecule has 0 atom stereocenters. The van der Waals surface area contributed by atoms with Gasteiger partial charge in [-0.1, -0.05) is 36.4 Å². The first-order valence-electron chi connectivity index (χ1n) is 4.89. The summed E-state index contributed by atoms with van der Waals surface area (Å²) in [5, 5.41) is 2.05. The predicted molar refractivity (Wildman–Crippen MR) is 78.2 cm³/mol. The quantitative estimate of drug-likeness (QED) is 0.629. The van der Waals surface area contributed by atoms with Crippen LogP contribution in [0.1, 0.15) is 0 Å². The number of pyridine rings is 1. The fraction of sp³-hybridized carbons (Fsp3) is 0. The van der Waals surface area contributed by atoms with Crippen molar-refractivity contribution in [2.45, 2.75) is 0 Å². The van der Waals surface area contributed by atoms with Crippen LogP contribution in [-0.4, -0.2) is 4.98 Å². The van der Waals surface area contributed by atoms with Crippen LogP contribution < -0.4 is 5.73 Å². The van der Waals surface area contributed by atoms with Crippen LogP contribution in [0, 0.1) is 0 Å². The molecule has 4 heteroatoms. The molecule has 0 spiro atoms. The standard InChI is InChI=1S/C13H10N2.2ClH/c14-13-9-5-1-3-7-11(9)15-12-8-4-2-6-10(12)13;;/h1-8H,(H2,14,15);2*1H. The minimum atomic E-state index is 0. The van der Waals surface area contributed by atoms with Crippen molar-refractivity contribution in [1.82, 2.24) is 4.98 Å². The summed E-state index contributed by atoms with van der Waals surface area (Å²) in [6.45, 7) is 0. The average molecular weight is 267 g/mol. The molecule has 1 aromatic heterocycles. The molecule has 88 valence electrons. The SMILES string of the molecule is Cl.Cl.Nc1c2ccccc2nc2ccccc12. The molecule has 0 unspecified atom stereocenters. The molecular weight excluding hydrogens is 255 g/mol. The van der Waals surface area contributed by atoms with Gasteiger partial charge >= 0.3 is 0 Å². The molecule has 3 rings (SSSR count). The zero-order chi connectivity index (χ0) is 10.3. The van der Waals surface area contributed by atoms with E-state index in [4.69, 9.17) is 5.73 Å². The van der Waals surface area contributed by atoms with E-state index in [1.807, 2.05) is 48.5 Å². The Hall–Kier alpha value is -1.51. The minimum absolute atomic E-state index is 0. The van der Waals surface area contributed by atoms with E-state index in [0.29, 0.717) is 0 Å². The van der Waals surface area contributed by atoms with E-state index in [1.54, 1.807) is 0 Å². The molecule has 0 saturated carbocycles. The Bertz CT molecular complexity index is 599. The Morgan fingerprint density at radius 2 is 1.12 bits per heavy atom. The van der Waals surface area contributed by atoms with E-state index in [9.17, 15) is 0 Å². The number of nitrogens with two attached hydrogens (primary N) is 1. The Morgan fingerprint density at radius 3 is 1.59 bits per heavy atom. The van der Waals surface area contributed by atoms with Crippen molar-refractivity contribution in [2.75, 3.05) is 5.73 Å². The van der Waals surface area contributed by atoms with E-state index in [1.165, 1.54) is 0 Å². The largest absolute Gasteiger partial charge is 0.398 e. The lowest BCUT2D eigenvalue weighted by molar-refractivity contribution is 1.50. The van der Waals surface area contributed by atoms with Crippen molar-refractivity contribution in [2.24, 2.45) is 0 Å². The first-order valence-corrected chi connectivity index (χ1v) is 4.89. The molecule has 2 N–H and O–H groups in total. The van der Waals surface area contributed by atoms with Crippen molar-refractivity contribution >= 4 is 52.3 Å². The maximum atomic E-state index is 6.11. The lowest BCUT2D eigenvalue weighted by Crippen LogP contribution is -1.91. The molecule has 0 aliphatic rings. The van der Waals surface area contributed by atoms with Crippen LogP contribution >= 0.6 is 24.8 Å². The fourth-order valence-corrected chi connectivity index (χ4v) is 1.87. The summed E-state index contributed by atoms with van der Waals surface area (Å²) in [6.07, 6.45) is 0. The second-order valence-electron chi connectivity index (χ2n) is 3.56. The topological polar surface area (TPSA) is 38.9 Å². The molecule has 3 aromatic rings. The third-order valence-electron chi connectivity index (χ3n) is 2.63. The molecule has 0 aliphatic carbocycles. The second kappa shape index (κ2) is 5.21. The minimum Gasteiger partial charge on any atom is -0.398 e. The molecular formula is C13H12Cl2N2. The van der Waals surface area contributed by atoms with Gasteiger partial charge in [-0.25, -0.2) is 4.98 Å². The summed E-state index contributed by atoms with van der Waals surface area (Å²) in [5.41, 5.74) is 8.84. The molecule has 2 nitrogen and oxygen atoms in total. The Labute approximate surface area is 112 Å². The number of anilines is 1. The number of para-hydroxylation sites is 2. The number of halogens is 2. The van der Waals surface area contributed by atoms with Crippen molar-refractivity contribution in [3.05, 3.63) is 48.5 Å². The number of hydrogen-bond acceptors (Lipinski definition) is 2. The van der Waals surface area contributed by atoms with Crippen LogP contribution in [-0.2, 0) is 0 Å². The average Bonchev–Trinajstić information content (AvgIpc) is 2.30. The first kappa shape index (κ1) is 13.6. The van der Waals surface area contributed by atoms with Crippen LogP contribution in [0.2, 0.25) is 0 Å². The van der Waals surface area contributed by atoms with Gasteiger partial charge in [0.2, 0.25) is 0 Å². The Kier molecular flexibility index (Phi) is 4.16. The van der Waals surface area contributed by atoms with E-state index in [2.05, 4.69) is 4.98 Å². The molecule has 0 aliphatic heterocycles. The van der Waals surface area contributed by atoms with Gasteiger partial charge in [0.15, 0.2) is 0 Å². The summed E-state index contributed by atoms with van der Waals surface area (Å²) in [6, 6.07) is 15.9. The van der Waals surface area contributed by atoms with Gasteiger partial charge in [0.05, 0.1) is 16.7 Å². The molecule has 0 radical (unpaired) electrons. The number of nitrogens with zero attached hydrogens (tertiary/aromatic N) is 1. The fourth-order valence-electron chi connectivity index (χ4n) is 1.87. The van der Waals surface area contributed by atoms with E-state index in [-0.39, 0.29) is 24.8 Å². The van der Waals surface area contributed by atoms with E-state index < -0.39 is 0 Å². The summed E-state index contributed by atoms with van der Waals surface area (Å²) >= 11 is 0. The number of aromatic nitrogens is 1. The third-order valence-corrected chi connectivity index (χ3v) is 2.63. The van der Waals surface area contributed by atoms with E-state index in [0.717, 1.165) is 27.5 Å². The van der Waals surface area contributed by atoms with Crippen molar-refractivity contribution in [3.63, 3.8) is 0 Å². The highest BCUT2D eigenvalue weighted by atomic mass is 35.5. The van der Waals surface area contributed by atoms with Crippen molar-refractivity contribution in [1.29, 1.82) is 0 Å². The van der Waals surface area contributed by atoms with E-state index >= 15 is 0 Å². The molecule has 0 bridgehead atoms. The molecule has 0 saturated heterocycles. The van der Waals surface area contributed by atoms with Crippen molar-refractivity contribution < 1.29 is 0 Å². The van der Waals surface area contributed by atoms with Gasteiger partial charge in [0.25, 0.3) is 0 Å². The molecule has 17 heavy (non-hydrogen) atoms. The van der Waals surface area contributed by atoms with Gasteiger partial charge in [-0.15, -0.1) is 24.8 Å². The predicted octanol–water partition coefficient (Wildman–Crippen LogP) is 3.81. The van der Waals surface area contributed by atoms with Gasteiger partial charge in [-0.3, -0.25) is 0 Å². The van der Waals surface area contributed by atoms with Crippen LogP contribution in [0.3, 0.4) is 0 Å². The molecule has 2 aromatic carbocycles. The number of nitrogen functional groups attached to an aromatic ring is 1. The monoisotopic (exact) mass is 266 g/mol. The number of benzene rings is 2. The summed E-state index contributed by atoms with van der Waals surface area (Å²) in [4.78, 5) is 4.56. The van der Waals surface area contributed by atoms with Crippen LogP contribution in [0.15, 0.2) is 48.5 Å². The van der Waals surface area contributed by atoms with Gasteiger partial charge < -0.3 is 5.73 Å². The zero-order valence-corrected chi connectivity index (χ0v) is 10.6. The first-order chi connectivity index (χ1) is 7.36. The number of hydrogen-bond donors (Lipinski definition) is 1. The number of fused-ring (bicyclic) bond motifs is 2. The summed E-state index contributed by atoms with van der Waals surface area (Å²) in [7, 11) is 0. The summed E-state index contributed by atoms with van der Waals surface area (Å²) in [5.74, 6) is 0. The smallest absolute Gasteiger partial charge is 0.0730 e. The Morgan fingerprint density at radius 1 is 0.706 bits per heavy atom. The van der Waals surface area contributed by atoms with Crippen LogP contribution in [0.25, 0.3) is 21.8 Å². The molecule has 1 heterocycles. The summed E-state index contributed by atoms with van der Waals surface area (Å²) < 4.78 is 0. The normalized spacial score (nSPS) is 9.65. The van der Waals surface area contributed by atoms with Gasteiger partial charge in [-0.05, 0) is 12.1 Å². The molecule has 0 fully saturated rings. The maximum Gasteiger partial charge on any atom is 0.0730 e. The van der Waals surface area contributed by atoms with Gasteiger partial charge in [0, 0.05) is 10.8 Å². The number of rotatable bonds is 0. The zero-order valence-electron chi connectivity index (χ0n) is 8.96. The van der Waals surface area contributed by atoms with Crippen molar-refractivity contribution in [3.8, 4) is 0 Å². The lowest BCUT2D eigenvalue weighted by atomic mass is 10.1. The lowest BCUT2D eigenvalue weighted by Gasteiger charge is -2.05.